The van der Waals surface area contributed by atoms with Gasteiger partial charge in [-0.25, -0.2) is 22.4 Å². The molecule has 17 nitrogen and oxygen atoms in total. The molecular formula is C23H23N7O10S3. The minimum atomic E-state index is -5.06. The number of hydrogen-bond donors (Lipinski definition) is 7. The van der Waals surface area contributed by atoms with E-state index in [1.54, 1.807) is 0 Å². The fraction of sp³-hybridized carbons (Fsp3) is 0.217. The first-order valence-electron chi connectivity index (χ1n) is 12.0. The van der Waals surface area contributed by atoms with Gasteiger partial charge < -0.3 is 21.1 Å². The number of nitrogens with two attached hydrogens (primary N) is 1. The Labute approximate surface area is 247 Å². The van der Waals surface area contributed by atoms with Gasteiger partial charge in [0.25, 0.3) is 5.91 Å². The molecular weight excluding hydrogens is 630 g/mol. The second-order valence-corrected chi connectivity index (χ2v) is 13.1. The fourth-order valence-electron chi connectivity index (χ4n) is 4.12. The predicted octanol–water partition coefficient (Wildman–Crippen LogP) is -1.02. The first-order valence-corrected chi connectivity index (χ1v) is 15.8. The summed E-state index contributed by atoms with van der Waals surface area (Å²) < 4.78 is 60.9. The molecule has 2 atom stereocenters. The number of amides is 2. The number of benzene rings is 1. The van der Waals surface area contributed by atoms with E-state index in [9.17, 15) is 45.7 Å². The number of Topliss-reactive ketones (excluding diaryl/α,β-unsaturated/α-hetero) is 1. The fourth-order valence-corrected chi connectivity index (χ4v) is 6.65. The van der Waals surface area contributed by atoms with E-state index in [-0.39, 0.29) is 37.8 Å². The number of β-lactam (4-membered cyclic amide) rings is 1. The summed E-state index contributed by atoms with van der Waals surface area (Å²) in [5, 5.41) is 21.1. The van der Waals surface area contributed by atoms with Crippen LogP contribution >= 0.6 is 11.3 Å². The molecule has 2 aromatic heterocycles. The van der Waals surface area contributed by atoms with Crippen molar-refractivity contribution in [3.8, 4) is 5.75 Å². The average molecular weight is 654 g/mol. The Kier molecular flexibility index (Phi) is 8.78. The number of pyridine rings is 1. The molecule has 20 heteroatoms. The highest BCUT2D eigenvalue weighted by Gasteiger charge is 2.53. The van der Waals surface area contributed by atoms with E-state index >= 15 is 0 Å². The third kappa shape index (κ3) is 6.94. The number of sulfonamides is 1. The van der Waals surface area contributed by atoms with Gasteiger partial charge in [0.15, 0.2) is 16.7 Å². The van der Waals surface area contributed by atoms with Crippen molar-refractivity contribution in [2.45, 2.75) is 23.9 Å². The molecule has 1 aromatic carbocycles. The highest BCUT2D eigenvalue weighted by molar-refractivity contribution is 7.89. The Hall–Kier alpha value is -4.50. The summed E-state index contributed by atoms with van der Waals surface area (Å²) >= 11 is 0.984. The molecule has 1 aliphatic rings. The lowest BCUT2D eigenvalue weighted by atomic mass is 9.84. The Morgan fingerprint density at radius 3 is 2.53 bits per heavy atom. The number of anilines is 1. The van der Waals surface area contributed by atoms with Crippen molar-refractivity contribution in [3.63, 3.8) is 0 Å². The Bertz CT molecular complexity index is 1900. The van der Waals surface area contributed by atoms with Crippen molar-refractivity contribution in [3.05, 3.63) is 69.1 Å². The van der Waals surface area contributed by atoms with Crippen molar-refractivity contribution in [1.82, 2.24) is 24.3 Å². The normalized spacial score (nSPS) is 16.9. The number of hydrogen-bond acceptors (Lipinski definition) is 13. The van der Waals surface area contributed by atoms with Crippen LogP contribution in [0, 0.1) is 11.3 Å². The standard InChI is InChI=1S/C23H23N7O10S3/c24-20(15-10-41-23(25)29-15)18(32)6-14-16(30(22(14)35)43(38,39)40)8-27-21(34)11-2-1-3-13(4-11)42(36,37)28-7-12-5-17(31)19(33)9-26-12/h1-5,9-10,14,16,24,28,33H,6-8H2,(H2,25,29)(H,26,31)(H,27,34)(H,38,39,40)/t14-,16+/m0/s1. The smallest absolute Gasteiger partial charge is 0.362 e. The lowest BCUT2D eigenvalue weighted by molar-refractivity contribution is -0.148. The Morgan fingerprint density at radius 2 is 1.91 bits per heavy atom. The van der Waals surface area contributed by atoms with Crippen LogP contribution in [0.3, 0.4) is 0 Å². The van der Waals surface area contributed by atoms with E-state index in [0.29, 0.717) is 0 Å². The molecule has 1 aliphatic heterocycles. The minimum Gasteiger partial charge on any atom is -0.503 e. The van der Waals surface area contributed by atoms with Gasteiger partial charge in [-0.05, 0) is 18.2 Å². The lowest BCUT2D eigenvalue weighted by Crippen LogP contribution is -2.66. The van der Waals surface area contributed by atoms with Crippen LogP contribution in [0.4, 0.5) is 5.13 Å². The summed E-state index contributed by atoms with van der Waals surface area (Å²) in [4.78, 5) is 55.5. The number of ketones is 1. The molecule has 8 N–H and O–H groups in total. The van der Waals surface area contributed by atoms with Gasteiger partial charge in [0.05, 0.1) is 23.4 Å². The van der Waals surface area contributed by atoms with Crippen molar-refractivity contribution < 1.29 is 40.9 Å². The number of nitrogens with zero attached hydrogens (tertiary/aromatic N) is 2. The van der Waals surface area contributed by atoms with Crippen LogP contribution in [0.25, 0.3) is 0 Å². The Balaban J connectivity index is 1.44. The number of nitrogen functional groups attached to an aromatic ring is 1. The van der Waals surface area contributed by atoms with Gasteiger partial charge >= 0.3 is 10.3 Å². The van der Waals surface area contributed by atoms with E-state index in [2.05, 4.69) is 20.0 Å². The summed E-state index contributed by atoms with van der Waals surface area (Å²) in [5.41, 5.74) is 4.19. The molecule has 4 rings (SSSR count). The quantitative estimate of drug-likeness (QED) is 0.0703. The van der Waals surface area contributed by atoms with Crippen LogP contribution in [0.2, 0.25) is 0 Å². The number of aromatic nitrogens is 2. The molecule has 43 heavy (non-hydrogen) atoms. The molecule has 0 unspecified atom stereocenters. The lowest BCUT2D eigenvalue weighted by Gasteiger charge is -2.44. The van der Waals surface area contributed by atoms with Gasteiger partial charge in [-0.2, -0.15) is 8.42 Å². The number of nitrogens with one attached hydrogen (secondary N) is 4. The largest absolute Gasteiger partial charge is 0.503 e. The van der Waals surface area contributed by atoms with E-state index in [0.717, 1.165) is 29.7 Å². The summed E-state index contributed by atoms with van der Waals surface area (Å²) in [6.07, 6.45) is 0.380. The Morgan fingerprint density at radius 1 is 1.19 bits per heavy atom. The van der Waals surface area contributed by atoms with Crippen LogP contribution in [0.5, 0.6) is 5.75 Å². The topological polar surface area (TPSA) is 283 Å². The van der Waals surface area contributed by atoms with Crippen molar-refractivity contribution in [2.24, 2.45) is 5.92 Å². The van der Waals surface area contributed by atoms with Crippen LogP contribution in [-0.4, -0.2) is 76.7 Å². The maximum atomic E-state index is 12.9. The first-order chi connectivity index (χ1) is 20.1. The molecule has 0 saturated carbocycles. The third-order valence-corrected chi connectivity index (χ3v) is 9.31. The highest BCUT2D eigenvalue weighted by Crippen LogP contribution is 2.32. The van der Waals surface area contributed by atoms with Crippen molar-refractivity contribution in [2.75, 3.05) is 12.3 Å². The second-order valence-electron chi connectivity index (χ2n) is 9.13. The summed E-state index contributed by atoms with van der Waals surface area (Å²) in [6.45, 7) is -0.897. The second kappa shape index (κ2) is 12.0. The van der Waals surface area contributed by atoms with Crippen LogP contribution in [-0.2, 0) is 36.5 Å². The van der Waals surface area contributed by atoms with E-state index in [1.165, 1.54) is 23.6 Å². The molecule has 0 spiro atoms. The third-order valence-electron chi connectivity index (χ3n) is 6.29. The van der Waals surface area contributed by atoms with E-state index in [4.69, 9.17) is 11.1 Å². The average Bonchev–Trinajstić information content (AvgIpc) is 3.39. The number of rotatable bonds is 12. The predicted molar refractivity (Wildman–Crippen MR) is 150 cm³/mol. The number of carbonyl (C=O) groups is 3. The number of aromatic amines is 1. The van der Waals surface area contributed by atoms with Crippen molar-refractivity contribution >= 4 is 60.1 Å². The van der Waals surface area contributed by atoms with Gasteiger partial charge in [-0.1, -0.05) is 6.07 Å². The zero-order valence-electron chi connectivity index (χ0n) is 21.7. The summed E-state index contributed by atoms with van der Waals surface area (Å²) in [5.74, 6) is -4.69. The molecule has 1 fully saturated rings. The van der Waals surface area contributed by atoms with Crippen LogP contribution in [0.1, 0.15) is 28.2 Å². The zero-order valence-corrected chi connectivity index (χ0v) is 24.1. The molecule has 0 bridgehead atoms. The minimum absolute atomic E-state index is 0.0311. The SMILES string of the molecule is N=C(C(=O)C[C@@H]1C(=O)N(S(=O)(=O)O)[C@@H]1CNC(=O)c1cccc(S(=O)(=O)NCc2cc(=O)c(O)c[nH]2)c1)c1csc(N)n1. The maximum absolute atomic E-state index is 12.9. The monoisotopic (exact) mass is 653 g/mol. The van der Waals surface area contributed by atoms with Gasteiger partial charge in [-0.3, -0.25) is 29.1 Å². The molecule has 3 aromatic rings. The number of carbonyl (C=O) groups excluding carboxylic acids is 3. The molecule has 1 saturated heterocycles. The van der Waals surface area contributed by atoms with Gasteiger partial charge in [0.2, 0.25) is 21.4 Å². The molecule has 0 aliphatic carbocycles. The number of thiazole rings is 1. The van der Waals surface area contributed by atoms with Crippen LogP contribution in [0.15, 0.2) is 51.6 Å². The molecule has 3 heterocycles. The first kappa shape index (κ1) is 31.4. The van der Waals surface area contributed by atoms with E-state index < -0.39 is 79.7 Å². The maximum Gasteiger partial charge on any atom is 0.362 e. The molecule has 0 radical (unpaired) electrons. The van der Waals surface area contributed by atoms with E-state index in [1.807, 2.05) is 0 Å². The molecule has 2 amide bonds. The van der Waals surface area contributed by atoms with Crippen LogP contribution < -0.4 is 21.2 Å². The highest BCUT2D eigenvalue weighted by atomic mass is 32.2. The molecule has 228 valence electrons. The van der Waals surface area contributed by atoms with Gasteiger partial charge in [0.1, 0.15) is 11.4 Å². The van der Waals surface area contributed by atoms with Gasteiger partial charge in [0, 0.05) is 41.9 Å². The zero-order chi connectivity index (χ0) is 31.7. The number of aromatic hydroxyl groups is 1. The summed E-state index contributed by atoms with van der Waals surface area (Å²) in [7, 11) is -9.26. The summed E-state index contributed by atoms with van der Waals surface area (Å²) in [6, 6.07) is 4.36. The van der Waals surface area contributed by atoms with Gasteiger partial charge in [-0.15, -0.1) is 11.3 Å². The number of H-pyrrole nitrogens is 1. The van der Waals surface area contributed by atoms with Crippen molar-refractivity contribution in [1.29, 1.82) is 5.41 Å².